The van der Waals surface area contributed by atoms with Crippen LogP contribution in [0.4, 0.5) is 23.5 Å². The van der Waals surface area contributed by atoms with Gasteiger partial charge in [0.2, 0.25) is 5.95 Å². The van der Waals surface area contributed by atoms with Crippen LogP contribution in [0.1, 0.15) is 23.2 Å². The zero-order valence-corrected chi connectivity index (χ0v) is 17.6. The predicted octanol–water partition coefficient (Wildman–Crippen LogP) is 3.16. The summed E-state index contributed by atoms with van der Waals surface area (Å²) in [6.45, 7) is -0.966. The molecule has 3 N–H and O–H groups in total. The van der Waals surface area contributed by atoms with Gasteiger partial charge in [-0.3, -0.25) is 5.14 Å². The van der Waals surface area contributed by atoms with Gasteiger partial charge in [0.05, 0.1) is 25.5 Å². The minimum absolute atomic E-state index is 0.107. The first-order valence-electron chi connectivity index (χ1n) is 9.75. The SMILES string of the molecule is CSN.OCC1N(c2nc(-c3ccc4c(c3)OCC4)c3c(n2)C(F)(F)CC3)CC1(F)F. The van der Waals surface area contributed by atoms with Gasteiger partial charge in [-0.15, -0.1) is 0 Å². The number of halogens is 4. The van der Waals surface area contributed by atoms with Crippen LogP contribution in [-0.4, -0.2) is 53.1 Å². The number of aliphatic hydroxyl groups excluding tert-OH is 1. The Morgan fingerprint density at radius 2 is 2.00 bits per heavy atom. The summed E-state index contributed by atoms with van der Waals surface area (Å²) in [5.41, 5.74) is 1.84. The first-order valence-corrected chi connectivity index (χ1v) is 11.0. The fourth-order valence-electron chi connectivity index (χ4n) is 4.09. The van der Waals surface area contributed by atoms with E-state index < -0.39 is 43.2 Å². The van der Waals surface area contributed by atoms with E-state index in [9.17, 15) is 22.7 Å². The molecule has 0 amide bonds. The molecule has 2 aromatic rings. The van der Waals surface area contributed by atoms with Crippen molar-refractivity contribution in [3.05, 3.63) is 35.0 Å². The van der Waals surface area contributed by atoms with Crippen LogP contribution in [0.15, 0.2) is 18.2 Å². The van der Waals surface area contributed by atoms with E-state index in [2.05, 4.69) is 9.97 Å². The van der Waals surface area contributed by atoms with E-state index in [-0.39, 0.29) is 12.4 Å². The van der Waals surface area contributed by atoms with Crippen molar-refractivity contribution in [3.8, 4) is 17.0 Å². The Morgan fingerprint density at radius 3 is 2.68 bits per heavy atom. The fourth-order valence-corrected chi connectivity index (χ4v) is 4.09. The van der Waals surface area contributed by atoms with Gasteiger partial charge in [-0.25, -0.2) is 18.7 Å². The van der Waals surface area contributed by atoms with Gasteiger partial charge in [0, 0.05) is 24.0 Å². The Balaban J connectivity index is 0.000000730. The van der Waals surface area contributed by atoms with Crippen LogP contribution in [0.3, 0.4) is 0 Å². The number of nitrogens with two attached hydrogens (primary N) is 1. The smallest absolute Gasteiger partial charge is 0.290 e. The van der Waals surface area contributed by atoms with Crippen molar-refractivity contribution < 1.29 is 27.4 Å². The number of hydrogen-bond donors (Lipinski definition) is 2. The van der Waals surface area contributed by atoms with Crippen LogP contribution in [-0.2, 0) is 18.8 Å². The molecule has 0 bridgehead atoms. The van der Waals surface area contributed by atoms with Gasteiger partial charge in [-0.2, -0.15) is 8.78 Å². The number of anilines is 1. The highest BCUT2D eigenvalue weighted by Gasteiger charge is 2.56. The lowest BCUT2D eigenvalue weighted by Crippen LogP contribution is -2.67. The van der Waals surface area contributed by atoms with Gasteiger partial charge in [0.1, 0.15) is 17.5 Å². The van der Waals surface area contributed by atoms with Crippen molar-refractivity contribution in [1.29, 1.82) is 0 Å². The van der Waals surface area contributed by atoms with Gasteiger partial charge in [-0.1, -0.05) is 24.1 Å². The number of alkyl halides is 4. The molecule has 1 aliphatic carbocycles. The van der Waals surface area contributed by atoms with Crippen LogP contribution in [0.5, 0.6) is 5.75 Å². The summed E-state index contributed by atoms with van der Waals surface area (Å²) < 4.78 is 61.8. The van der Waals surface area contributed by atoms with E-state index >= 15 is 0 Å². The molecule has 6 nitrogen and oxygen atoms in total. The molecule has 0 spiro atoms. The molecule has 1 unspecified atom stereocenters. The lowest BCUT2D eigenvalue weighted by molar-refractivity contribution is -0.0861. The van der Waals surface area contributed by atoms with Gasteiger partial charge in [0.15, 0.2) is 0 Å². The van der Waals surface area contributed by atoms with E-state index in [0.717, 1.165) is 16.9 Å². The second kappa shape index (κ2) is 8.10. The molecule has 1 aromatic carbocycles. The maximum absolute atomic E-state index is 14.4. The number of benzene rings is 1. The number of ether oxygens (including phenoxy) is 1. The topological polar surface area (TPSA) is 84.5 Å². The minimum Gasteiger partial charge on any atom is -0.493 e. The van der Waals surface area contributed by atoms with Gasteiger partial charge in [0.25, 0.3) is 11.8 Å². The number of rotatable bonds is 3. The molecule has 1 saturated heterocycles. The van der Waals surface area contributed by atoms with Crippen LogP contribution >= 0.6 is 11.9 Å². The standard InChI is InChI=1S/C19H17F4N3O2.CH5NS/c20-18(21)5-3-12-15(11-2-1-10-4-6-28-13(10)7-11)24-17(25-16(12)18)26-9-19(22,23)14(26)8-27;1-3-2/h1-2,7,14,27H,3-6,8-9H2;2H2,1H3. The Morgan fingerprint density at radius 1 is 1.26 bits per heavy atom. The Bertz CT molecular complexity index is 992. The molecule has 11 heteroatoms. The number of aliphatic hydroxyl groups is 1. The fraction of sp³-hybridized carbons (Fsp3) is 0.500. The summed E-state index contributed by atoms with van der Waals surface area (Å²) in [5.74, 6) is -5.78. The lowest BCUT2D eigenvalue weighted by atomic mass is 9.99. The van der Waals surface area contributed by atoms with E-state index in [0.29, 0.717) is 29.2 Å². The maximum Gasteiger partial charge on any atom is 0.290 e. The molecule has 1 aromatic heterocycles. The van der Waals surface area contributed by atoms with Crippen molar-refractivity contribution >= 4 is 17.9 Å². The molecule has 168 valence electrons. The highest BCUT2D eigenvalue weighted by atomic mass is 32.2. The summed E-state index contributed by atoms with van der Waals surface area (Å²) in [6.07, 6.45) is 2.31. The number of nitrogens with zero attached hydrogens (tertiary/aromatic N) is 3. The molecule has 3 aliphatic rings. The number of fused-ring (bicyclic) bond motifs is 2. The van der Waals surface area contributed by atoms with Crippen molar-refractivity contribution in [1.82, 2.24) is 9.97 Å². The van der Waals surface area contributed by atoms with Crippen LogP contribution in [0.2, 0.25) is 0 Å². The summed E-state index contributed by atoms with van der Waals surface area (Å²) in [4.78, 5) is 9.40. The van der Waals surface area contributed by atoms with Crippen molar-refractivity contribution in [2.45, 2.75) is 37.1 Å². The van der Waals surface area contributed by atoms with Crippen LogP contribution < -0.4 is 14.8 Å². The van der Waals surface area contributed by atoms with Crippen molar-refractivity contribution in [3.63, 3.8) is 0 Å². The average Bonchev–Trinajstić information content (AvgIpc) is 3.30. The van der Waals surface area contributed by atoms with Gasteiger partial charge >= 0.3 is 0 Å². The zero-order chi connectivity index (χ0) is 22.4. The third-order valence-corrected chi connectivity index (χ3v) is 5.68. The van der Waals surface area contributed by atoms with Crippen LogP contribution in [0, 0.1) is 0 Å². The Labute approximate surface area is 180 Å². The summed E-state index contributed by atoms with van der Waals surface area (Å²) in [5, 5.41) is 14.1. The average molecular weight is 458 g/mol. The summed E-state index contributed by atoms with van der Waals surface area (Å²) >= 11 is 1.25. The molecule has 3 heterocycles. The van der Waals surface area contributed by atoms with E-state index in [1.807, 2.05) is 12.3 Å². The molecule has 0 saturated carbocycles. The predicted molar refractivity (Wildman–Crippen MR) is 110 cm³/mol. The van der Waals surface area contributed by atoms with Crippen molar-refractivity contribution in [2.24, 2.45) is 5.14 Å². The van der Waals surface area contributed by atoms with E-state index in [1.165, 1.54) is 11.9 Å². The Hall–Kier alpha value is -2.11. The minimum atomic E-state index is -3.14. The largest absolute Gasteiger partial charge is 0.493 e. The molecular formula is C20H22F4N4O2S. The molecule has 31 heavy (non-hydrogen) atoms. The lowest BCUT2D eigenvalue weighted by Gasteiger charge is -2.46. The van der Waals surface area contributed by atoms with Gasteiger partial charge < -0.3 is 14.7 Å². The van der Waals surface area contributed by atoms with Crippen LogP contribution in [0.25, 0.3) is 11.3 Å². The second-order valence-electron chi connectivity index (χ2n) is 7.65. The molecular weight excluding hydrogens is 436 g/mol. The van der Waals surface area contributed by atoms with E-state index in [4.69, 9.17) is 9.88 Å². The highest BCUT2D eigenvalue weighted by molar-refractivity contribution is 7.96. The normalized spacial score (nSPS) is 22.0. The third kappa shape index (κ3) is 3.83. The molecule has 5 rings (SSSR count). The Kier molecular flexibility index (Phi) is 5.78. The maximum atomic E-state index is 14.4. The molecule has 1 atom stereocenters. The zero-order valence-electron chi connectivity index (χ0n) is 16.7. The van der Waals surface area contributed by atoms with Crippen molar-refractivity contribution in [2.75, 3.05) is 30.9 Å². The number of aromatic nitrogens is 2. The van der Waals surface area contributed by atoms with Gasteiger partial charge in [-0.05, 0) is 24.3 Å². The monoisotopic (exact) mass is 458 g/mol. The molecule has 1 fully saturated rings. The molecule has 2 aliphatic heterocycles. The third-order valence-electron chi connectivity index (χ3n) is 5.68. The summed E-state index contributed by atoms with van der Waals surface area (Å²) in [7, 11) is 0. The number of hydrogen-bond acceptors (Lipinski definition) is 7. The summed E-state index contributed by atoms with van der Waals surface area (Å²) in [6, 6.07) is 3.88. The van der Waals surface area contributed by atoms with E-state index in [1.54, 1.807) is 12.1 Å². The first kappa shape index (κ1) is 22.1. The molecule has 0 radical (unpaired) electrons. The highest BCUT2D eigenvalue weighted by Crippen LogP contribution is 2.46. The second-order valence-corrected chi connectivity index (χ2v) is 8.12. The quantitative estimate of drug-likeness (QED) is 0.540. The first-order chi connectivity index (χ1) is 14.7.